The molecule has 2 aromatic rings. The Labute approximate surface area is 124 Å². The van der Waals surface area contributed by atoms with E-state index in [1.807, 2.05) is 18.2 Å². The van der Waals surface area contributed by atoms with Gasteiger partial charge in [-0.15, -0.1) is 0 Å². The number of anilines is 1. The fourth-order valence-corrected chi connectivity index (χ4v) is 2.60. The van der Waals surface area contributed by atoms with E-state index in [2.05, 4.69) is 63.1 Å². The average molecular weight is 422 g/mol. The van der Waals surface area contributed by atoms with Crippen molar-refractivity contribution < 1.29 is 0 Å². The van der Waals surface area contributed by atoms with Crippen LogP contribution in [0.2, 0.25) is 0 Å². The molecule has 0 aliphatic carbocycles. The van der Waals surface area contributed by atoms with E-state index in [4.69, 9.17) is 0 Å². The molecule has 0 fully saturated rings. The summed E-state index contributed by atoms with van der Waals surface area (Å²) in [6, 6.07) is 5.83. The zero-order valence-electron chi connectivity index (χ0n) is 8.62. The Hall–Kier alpha value is -0.460. The lowest BCUT2D eigenvalue weighted by atomic mass is 10.3. The highest BCUT2D eigenvalue weighted by atomic mass is 79.9. The van der Waals surface area contributed by atoms with Crippen molar-refractivity contribution in [2.75, 3.05) is 5.32 Å². The summed E-state index contributed by atoms with van der Waals surface area (Å²) >= 11 is 10.1. The van der Waals surface area contributed by atoms with Gasteiger partial charge in [-0.3, -0.25) is 4.98 Å². The molecule has 0 atom stereocenters. The molecule has 0 spiro atoms. The lowest BCUT2D eigenvalue weighted by Gasteiger charge is -2.07. The highest BCUT2D eigenvalue weighted by molar-refractivity contribution is 9.11. The molecule has 0 amide bonds. The standard InChI is InChI=1S/C11H8Br3N3/c12-7-3-9(13)10(16-4-7)6-15-8-1-2-11(14)17-5-8/h1-5,15H,6H2. The first kappa shape index (κ1) is 13.0. The molecule has 0 saturated heterocycles. The number of nitrogens with zero attached hydrogens (tertiary/aromatic N) is 2. The molecule has 6 heteroatoms. The predicted octanol–water partition coefficient (Wildman–Crippen LogP) is 4.38. The van der Waals surface area contributed by atoms with Gasteiger partial charge < -0.3 is 5.32 Å². The van der Waals surface area contributed by atoms with E-state index in [9.17, 15) is 0 Å². The van der Waals surface area contributed by atoms with Gasteiger partial charge in [0.05, 0.1) is 24.1 Å². The van der Waals surface area contributed by atoms with Crippen LogP contribution in [0.5, 0.6) is 0 Å². The zero-order chi connectivity index (χ0) is 12.3. The molecule has 3 nitrogen and oxygen atoms in total. The number of aromatic nitrogens is 2. The maximum Gasteiger partial charge on any atom is 0.106 e. The van der Waals surface area contributed by atoms with E-state index in [0.29, 0.717) is 6.54 Å². The minimum atomic E-state index is 0.650. The fourth-order valence-electron chi connectivity index (χ4n) is 1.24. The van der Waals surface area contributed by atoms with Crippen LogP contribution in [-0.2, 0) is 6.54 Å². The Morgan fingerprint density at radius 1 is 1.06 bits per heavy atom. The molecule has 17 heavy (non-hydrogen) atoms. The molecule has 2 rings (SSSR count). The van der Waals surface area contributed by atoms with Gasteiger partial charge in [-0.25, -0.2) is 4.98 Å². The van der Waals surface area contributed by atoms with Gasteiger partial charge in [-0.05, 0) is 66.0 Å². The minimum Gasteiger partial charge on any atom is -0.378 e. The van der Waals surface area contributed by atoms with Gasteiger partial charge in [0.15, 0.2) is 0 Å². The van der Waals surface area contributed by atoms with E-state index in [1.165, 1.54) is 0 Å². The van der Waals surface area contributed by atoms with Gasteiger partial charge in [0, 0.05) is 15.1 Å². The van der Waals surface area contributed by atoms with Crippen LogP contribution < -0.4 is 5.32 Å². The van der Waals surface area contributed by atoms with Crippen molar-refractivity contribution >= 4 is 53.5 Å². The van der Waals surface area contributed by atoms with Crippen LogP contribution in [0.25, 0.3) is 0 Å². The lowest BCUT2D eigenvalue weighted by Crippen LogP contribution is -2.02. The highest BCUT2D eigenvalue weighted by Gasteiger charge is 2.02. The Morgan fingerprint density at radius 2 is 1.88 bits per heavy atom. The number of pyridine rings is 2. The molecule has 0 aliphatic rings. The van der Waals surface area contributed by atoms with Gasteiger partial charge in [-0.2, -0.15) is 0 Å². The highest BCUT2D eigenvalue weighted by Crippen LogP contribution is 2.20. The molecule has 2 heterocycles. The van der Waals surface area contributed by atoms with Crippen LogP contribution in [0.15, 0.2) is 44.1 Å². The molecule has 0 aromatic carbocycles. The molecule has 1 N–H and O–H groups in total. The minimum absolute atomic E-state index is 0.650. The van der Waals surface area contributed by atoms with Gasteiger partial charge in [0.1, 0.15) is 4.60 Å². The van der Waals surface area contributed by atoms with E-state index < -0.39 is 0 Å². The SMILES string of the molecule is Brc1cnc(CNc2ccc(Br)nc2)c(Br)c1. The van der Waals surface area contributed by atoms with E-state index >= 15 is 0 Å². The van der Waals surface area contributed by atoms with E-state index in [-0.39, 0.29) is 0 Å². The number of rotatable bonds is 3. The molecule has 0 saturated carbocycles. The summed E-state index contributed by atoms with van der Waals surface area (Å²) in [4.78, 5) is 8.47. The van der Waals surface area contributed by atoms with Crippen molar-refractivity contribution in [3.8, 4) is 0 Å². The second-order valence-corrected chi connectivity index (χ2v) is 5.89. The average Bonchev–Trinajstić information content (AvgIpc) is 2.30. The van der Waals surface area contributed by atoms with Crippen LogP contribution in [0.4, 0.5) is 5.69 Å². The van der Waals surface area contributed by atoms with Crippen LogP contribution in [0.3, 0.4) is 0 Å². The van der Waals surface area contributed by atoms with Crippen molar-refractivity contribution in [2.45, 2.75) is 6.54 Å². The molecule has 0 aliphatic heterocycles. The van der Waals surface area contributed by atoms with Gasteiger partial charge in [-0.1, -0.05) is 0 Å². The molecule has 2 aromatic heterocycles. The second-order valence-electron chi connectivity index (χ2n) is 3.31. The monoisotopic (exact) mass is 419 g/mol. The molecule has 0 unspecified atom stereocenters. The van der Waals surface area contributed by atoms with Crippen LogP contribution in [-0.4, -0.2) is 9.97 Å². The normalized spacial score (nSPS) is 10.3. The largest absolute Gasteiger partial charge is 0.378 e. The summed E-state index contributed by atoms with van der Waals surface area (Å²) in [7, 11) is 0. The first-order valence-corrected chi connectivity index (χ1v) is 7.18. The summed E-state index contributed by atoms with van der Waals surface area (Å²) in [5.41, 5.74) is 1.92. The van der Waals surface area contributed by atoms with Gasteiger partial charge >= 0.3 is 0 Å². The van der Waals surface area contributed by atoms with Crippen LogP contribution in [0, 0.1) is 0 Å². The first-order chi connectivity index (χ1) is 8.15. The van der Waals surface area contributed by atoms with E-state index in [0.717, 1.165) is 24.9 Å². The Balaban J connectivity index is 2.04. The Kier molecular flexibility index (Phi) is 4.53. The lowest BCUT2D eigenvalue weighted by molar-refractivity contribution is 1.02. The van der Waals surface area contributed by atoms with Crippen molar-refractivity contribution in [3.63, 3.8) is 0 Å². The molecule has 0 radical (unpaired) electrons. The van der Waals surface area contributed by atoms with Gasteiger partial charge in [0.2, 0.25) is 0 Å². The fraction of sp³-hybridized carbons (Fsp3) is 0.0909. The quantitative estimate of drug-likeness (QED) is 0.747. The summed E-state index contributed by atoms with van der Waals surface area (Å²) in [6.07, 6.45) is 3.55. The van der Waals surface area contributed by atoms with E-state index in [1.54, 1.807) is 12.4 Å². The molecular weight excluding hydrogens is 414 g/mol. The van der Waals surface area contributed by atoms with Crippen molar-refractivity contribution in [1.29, 1.82) is 0 Å². The molecule has 88 valence electrons. The van der Waals surface area contributed by atoms with Crippen molar-refractivity contribution in [2.24, 2.45) is 0 Å². The predicted molar refractivity (Wildman–Crippen MR) is 78.9 cm³/mol. The number of hydrogen-bond acceptors (Lipinski definition) is 3. The maximum absolute atomic E-state index is 4.32. The summed E-state index contributed by atoms with van der Waals surface area (Å²) in [5, 5.41) is 3.26. The third-order valence-electron chi connectivity index (χ3n) is 2.07. The number of halogens is 3. The first-order valence-electron chi connectivity index (χ1n) is 4.80. The topological polar surface area (TPSA) is 37.8 Å². The number of hydrogen-bond donors (Lipinski definition) is 1. The maximum atomic E-state index is 4.32. The van der Waals surface area contributed by atoms with Crippen LogP contribution >= 0.6 is 47.8 Å². The van der Waals surface area contributed by atoms with Gasteiger partial charge in [0.25, 0.3) is 0 Å². The summed E-state index contributed by atoms with van der Waals surface area (Å²) in [6.45, 7) is 0.650. The summed E-state index contributed by atoms with van der Waals surface area (Å²) < 4.78 is 2.76. The van der Waals surface area contributed by atoms with Crippen molar-refractivity contribution in [1.82, 2.24) is 9.97 Å². The molecule has 0 bridgehead atoms. The van der Waals surface area contributed by atoms with Crippen LogP contribution in [0.1, 0.15) is 5.69 Å². The number of nitrogens with one attached hydrogen (secondary N) is 1. The Morgan fingerprint density at radius 3 is 2.53 bits per heavy atom. The third kappa shape index (κ3) is 3.76. The zero-order valence-corrected chi connectivity index (χ0v) is 13.4. The summed E-state index contributed by atoms with van der Waals surface area (Å²) in [5.74, 6) is 0. The Bertz CT molecular complexity index is 514. The second kappa shape index (κ2) is 5.93. The smallest absolute Gasteiger partial charge is 0.106 e. The van der Waals surface area contributed by atoms with Crippen molar-refractivity contribution in [3.05, 3.63) is 49.8 Å². The molecular formula is C11H8Br3N3. The third-order valence-corrected chi connectivity index (χ3v) is 3.66.